The van der Waals surface area contributed by atoms with Crippen molar-refractivity contribution >= 4 is 16.9 Å². The summed E-state index contributed by atoms with van der Waals surface area (Å²) in [5.74, 6) is 0.921. The Morgan fingerprint density at radius 3 is 2.33 bits per heavy atom. The minimum Gasteiger partial charge on any atom is -0.287 e. The Kier molecular flexibility index (Phi) is 1.00. The van der Waals surface area contributed by atoms with Gasteiger partial charge >= 0.3 is 0 Å². The van der Waals surface area contributed by atoms with Crippen molar-refractivity contribution in [3.05, 3.63) is 11.5 Å². The Morgan fingerprint density at radius 2 is 2.11 bits per heavy atom. The summed E-state index contributed by atoms with van der Waals surface area (Å²) >= 11 is 1.37. The number of allylic oxidation sites excluding steroid dienone is 1. The monoisotopic (exact) mass is 140 g/mol. The molecule has 0 radical (unpaired) electrons. The van der Waals surface area contributed by atoms with Crippen molar-refractivity contribution in [2.75, 3.05) is 0 Å². The quantitative estimate of drug-likeness (QED) is 0.510. The molecule has 1 aliphatic carbocycles. The van der Waals surface area contributed by atoms with Crippen molar-refractivity contribution in [2.45, 2.75) is 12.8 Å². The Morgan fingerprint density at radius 1 is 1.44 bits per heavy atom. The third kappa shape index (κ3) is 0.597. The Hall–Kier alpha value is -0.240. The van der Waals surface area contributed by atoms with Gasteiger partial charge in [-0.05, 0) is 17.7 Å². The van der Waals surface area contributed by atoms with E-state index in [2.05, 4.69) is 6.58 Å². The molecule has 0 bridgehead atoms. The Labute approximate surface area is 58.5 Å². The average molecular weight is 140 g/mol. The van der Waals surface area contributed by atoms with Crippen molar-refractivity contribution in [2.24, 2.45) is 11.8 Å². The number of carbonyl (C=O) groups excluding carboxylic acids is 1. The molecule has 2 heteroatoms. The molecule has 2 atom stereocenters. The first-order chi connectivity index (χ1) is 4.29. The maximum Gasteiger partial charge on any atom is 0.197 e. The van der Waals surface area contributed by atoms with E-state index in [0.717, 1.165) is 11.3 Å². The zero-order chi connectivity index (χ0) is 6.43. The van der Waals surface area contributed by atoms with Crippen molar-refractivity contribution in [3.63, 3.8) is 0 Å². The van der Waals surface area contributed by atoms with Crippen molar-refractivity contribution in [1.29, 1.82) is 0 Å². The lowest BCUT2D eigenvalue weighted by Crippen LogP contribution is -2.24. The van der Waals surface area contributed by atoms with Crippen LogP contribution in [0.4, 0.5) is 0 Å². The first-order valence-corrected chi connectivity index (χ1v) is 4.01. The fourth-order valence-electron chi connectivity index (χ4n) is 1.45. The molecule has 1 saturated heterocycles. The first-order valence-electron chi connectivity index (χ1n) is 3.19. The van der Waals surface area contributed by atoms with Gasteiger partial charge in [0.25, 0.3) is 0 Å². The topological polar surface area (TPSA) is 17.1 Å². The van der Waals surface area contributed by atoms with Crippen molar-refractivity contribution < 1.29 is 4.79 Å². The first kappa shape index (κ1) is 5.54. The standard InChI is InChI=1S/C7H8OS/c1-4-5-2-3-6(5)7(8)9-4/h5-6H,1-3H2/t5-,6-/m1/s1. The molecule has 2 fully saturated rings. The molecule has 2 rings (SSSR count). The zero-order valence-corrected chi connectivity index (χ0v) is 5.91. The molecule has 1 saturated carbocycles. The maximum atomic E-state index is 10.9. The SMILES string of the molecule is C=C1SC(=O)[C@@H]2CC[C@H]12. The normalized spacial score (nSPS) is 40.4. The lowest BCUT2D eigenvalue weighted by Gasteiger charge is -2.27. The summed E-state index contributed by atoms with van der Waals surface area (Å²) in [6.45, 7) is 3.83. The van der Waals surface area contributed by atoms with Gasteiger partial charge in [0.1, 0.15) is 0 Å². The number of hydrogen-bond donors (Lipinski definition) is 0. The van der Waals surface area contributed by atoms with Gasteiger partial charge in [-0.25, -0.2) is 0 Å². The molecule has 0 amide bonds. The fourth-order valence-corrected chi connectivity index (χ4v) is 2.57. The Bertz CT molecular complexity index is 165. The lowest BCUT2D eigenvalue weighted by atomic mass is 9.75. The summed E-state index contributed by atoms with van der Waals surface area (Å²) in [4.78, 5) is 12.1. The molecule has 0 N–H and O–H groups in total. The van der Waals surface area contributed by atoms with Gasteiger partial charge in [0.15, 0.2) is 5.12 Å². The van der Waals surface area contributed by atoms with E-state index in [1.165, 1.54) is 18.2 Å². The second kappa shape index (κ2) is 1.63. The minimum absolute atomic E-state index is 0.358. The van der Waals surface area contributed by atoms with Crippen LogP contribution in [0, 0.1) is 11.8 Å². The highest BCUT2D eigenvalue weighted by molar-refractivity contribution is 8.17. The van der Waals surface area contributed by atoms with Crippen molar-refractivity contribution in [1.82, 2.24) is 0 Å². The summed E-state index contributed by atoms with van der Waals surface area (Å²) in [7, 11) is 0. The zero-order valence-electron chi connectivity index (χ0n) is 5.09. The van der Waals surface area contributed by atoms with E-state index in [0.29, 0.717) is 17.0 Å². The molecule has 1 aliphatic heterocycles. The van der Waals surface area contributed by atoms with Crippen LogP contribution in [0.5, 0.6) is 0 Å². The maximum absolute atomic E-state index is 10.9. The highest BCUT2D eigenvalue weighted by Crippen LogP contribution is 2.52. The molecule has 48 valence electrons. The van der Waals surface area contributed by atoms with Crippen LogP contribution in [0.1, 0.15) is 12.8 Å². The van der Waals surface area contributed by atoms with Gasteiger partial charge in [0, 0.05) is 11.8 Å². The second-order valence-electron chi connectivity index (χ2n) is 2.68. The van der Waals surface area contributed by atoms with Crippen LogP contribution in [0.25, 0.3) is 0 Å². The molecular weight excluding hydrogens is 132 g/mol. The number of thioether (sulfide) groups is 1. The second-order valence-corrected chi connectivity index (χ2v) is 3.81. The molecule has 9 heavy (non-hydrogen) atoms. The summed E-state index contributed by atoms with van der Waals surface area (Å²) in [5, 5.41) is 0.358. The number of carbonyl (C=O) groups is 1. The van der Waals surface area contributed by atoms with Crippen LogP contribution in [-0.4, -0.2) is 5.12 Å². The molecule has 0 aromatic rings. The highest BCUT2D eigenvalue weighted by atomic mass is 32.2. The van der Waals surface area contributed by atoms with Crippen molar-refractivity contribution in [3.8, 4) is 0 Å². The van der Waals surface area contributed by atoms with Gasteiger partial charge in [-0.2, -0.15) is 0 Å². The number of fused-ring (bicyclic) bond motifs is 1. The van der Waals surface area contributed by atoms with Crippen LogP contribution in [0.3, 0.4) is 0 Å². The van der Waals surface area contributed by atoms with E-state index in [1.807, 2.05) is 0 Å². The largest absolute Gasteiger partial charge is 0.287 e. The van der Waals surface area contributed by atoms with Gasteiger partial charge in [0.2, 0.25) is 0 Å². The number of rotatable bonds is 0. The van der Waals surface area contributed by atoms with E-state index in [9.17, 15) is 4.79 Å². The van der Waals surface area contributed by atoms with Gasteiger partial charge < -0.3 is 0 Å². The van der Waals surface area contributed by atoms with Crippen LogP contribution >= 0.6 is 11.8 Å². The Balaban J connectivity index is 2.26. The molecule has 0 unspecified atom stereocenters. The van der Waals surface area contributed by atoms with Gasteiger partial charge in [-0.15, -0.1) is 0 Å². The van der Waals surface area contributed by atoms with E-state index in [-0.39, 0.29) is 0 Å². The lowest BCUT2D eigenvalue weighted by molar-refractivity contribution is -0.117. The van der Waals surface area contributed by atoms with Gasteiger partial charge in [-0.3, -0.25) is 4.79 Å². The predicted molar refractivity (Wildman–Crippen MR) is 38.0 cm³/mol. The minimum atomic E-state index is 0.358. The molecule has 1 heterocycles. The summed E-state index contributed by atoms with van der Waals surface area (Å²) in [6, 6.07) is 0. The van der Waals surface area contributed by atoms with E-state index in [1.54, 1.807) is 0 Å². The fraction of sp³-hybridized carbons (Fsp3) is 0.571. The van der Waals surface area contributed by atoms with E-state index in [4.69, 9.17) is 0 Å². The molecule has 0 aromatic carbocycles. The van der Waals surface area contributed by atoms with E-state index < -0.39 is 0 Å². The van der Waals surface area contributed by atoms with Crippen LogP contribution in [0.15, 0.2) is 11.5 Å². The molecular formula is C7H8OS. The molecule has 2 aliphatic rings. The van der Waals surface area contributed by atoms with Crippen LogP contribution < -0.4 is 0 Å². The van der Waals surface area contributed by atoms with Gasteiger partial charge in [-0.1, -0.05) is 18.3 Å². The average Bonchev–Trinajstić information content (AvgIpc) is 1.73. The van der Waals surface area contributed by atoms with Crippen LogP contribution in [0.2, 0.25) is 0 Å². The molecule has 0 spiro atoms. The summed E-state index contributed by atoms with van der Waals surface area (Å²) < 4.78 is 0. The van der Waals surface area contributed by atoms with E-state index >= 15 is 0 Å². The third-order valence-corrected chi connectivity index (χ3v) is 3.29. The molecule has 0 aromatic heterocycles. The number of hydrogen-bond acceptors (Lipinski definition) is 2. The molecule has 1 nitrogen and oxygen atoms in total. The van der Waals surface area contributed by atoms with Crippen LogP contribution in [-0.2, 0) is 4.79 Å². The smallest absolute Gasteiger partial charge is 0.197 e. The third-order valence-electron chi connectivity index (χ3n) is 2.22. The predicted octanol–water partition coefficient (Wildman–Crippen LogP) is 1.80. The summed E-state index contributed by atoms with van der Waals surface area (Å²) in [5.41, 5.74) is 0. The summed E-state index contributed by atoms with van der Waals surface area (Å²) in [6.07, 6.45) is 2.30. The van der Waals surface area contributed by atoms with Gasteiger partial charge in [0.05, 0.1) is 0 Å². The highest BCUT2D eigenvalue weighted by Gasteiger charge is 2.44.